The van der Waals surface area contributed by atoms with E-state index in [4.69, 9.17) is 16.3 Å². The van der Waals surface area contributed by atoms with Gasteiger partial charge >= 0.3 is 0 Å². The highest BCUT2D eigenvalue weighted by molar-refractivity contribution is 6.32. The Kier molecular flexibility index (Phi) is 4.20. The highest BCUT2D eigenvalue weighted by Crippen LogP contribution is 2.27. The van der Waals surface area contributed by atoms with Gasteiger partial charge in [0.25, 0.3) is 5.91 Å². The van der Waals surface area contributed by atoms with Gasteiger partial charge in [-0.2, -0.15) is 0 Å². The maximum absolute atomic E-state index is 13.1. The SMILES string of the molecule is COc1ccc(NC(=O)c2cc(C)c(F)cn2)cc1Cl. The predicted octanol–water partition coefficient (Wildman–Crippen LogP) is 3.44. The third kappa shape index (κ3) is 3.05. The van der Waals surface area contributed by atoms with Crippen LogP contribution in [0.25, 0.3) is 0 Å². The molecule has 2 aromatic rings. The van der Waals surface area contributed by atoms with Crippen molar-refractivity contribution in [2.45, 2.75) is 6.92 Å². The number of ether oxygens (including phenoxy) is 1. The average molecular weight is 295 g/mol. The van der Waals surface area contributed by atoms with E-state index in [9.17, 15) is 9.18 Å². The fraction of sp³-hybridized carbons (Fsp3) is 0.143. The molecule has 4 nitrogen and oxygen atoms in total. The van der Waals surface area contributed by atoms with E-state index in [1.165, 1.54) is 13.2 Å². The van der Waals surface area contributed by atoms with Crippen LogP contribution in [0.2, 0.25) is 5.02 Å². The van der Waals surface area contributed by atoms with Gasteiger partial charge in [-0.25, -0.2) is 9.37 Å². The molecular formula is C14H12ClFN2O2. The van der Waals surface area contributed by atoms with Gasteiger partial charge in [0, 0.05) is 5.69 Å². The van der Waals surface area contributed by atoms with Crippen molar-refractivity contribution < 1.29 is 13.9 Å². The molecule has 0 aliphatic heterocycles. The lowest BCUT2D eigenvalue weighted by molar-refractivity contribution is 0.102. The second-order valence-electron chi connectivity index (χ2n) is 4.12. The van der Waals surface area contributed by atoms with Gasteiger partial charge < -0.3 is 10.1 Å². The summed E-state index contributed by atoms with van der Waals surface area (Å²) in [4.78, 5) is 15.7. The molecule has 2 rings (SSSR count). The lowest BCUT2D eigenvalue weighted by atomic mass is 10.2. The van der Waals surface area contributed by atoms with Crippen LogP contribution in [-0.4, -0.2) is 18.0 Å². The lowest BCUT2D eigenvalue weighted by Crippen LogP contribution is -2.14. The van der Waals surface area contributed by atoms with Crippen molar-refractivity contribution in [3.8, 4) is 5.75 Å². The van der Waals surface area contributed by atoms with E-state index in [0.29, 0.717) is 22.0 Å². The maximum Gasteiger partial charge on any atom is 0.274 e. The molecule has 0 saturated heterocycles. The van der Waals surface area contributed by atoms with Gasteiger partial charge in [-0.3, -0.25) is 4.79 Å². The quantitative estimate of drug-likeness (QED) is 0.943. The Balaban J connectivity index is 2.19. The van der Waals surface area contributed by atoms with Gasteiger partial charge in [0.1, 0.15) is 17.3 Å². The lowest BCUT2D eigenvalue weighted by Gasteiger charge is -2.08. The van der Waals surface area contributed by atoms with Crippen molar-refractivity contribution in [1.29, 1.82) is 0 Å². The first-order valence-corrected chi connectivity index (χ1v) is 6.16. The van der Waals surface area contributed by atoms with Crippen LogP contribution in [0.1, 0.15) is 16.1 Å². The Hall–Kier alpha value is -2.14. The van der Waals surface area contributed by atoms with Crippen LogP contribution < -0.4 is 10.1 Å². The molecule has 0 saturated carbocycles. The molecular weight excluding hydrogens is 283 g/mol. The largest absolute Gasteiger partial charge is 0.495 e. The van der Waals surface area contributed by atoms with Crippen molar-refractivity contribution in [2.24, 2.45) is 0 Å². The Labute approximate surface area is 120 Å². The minimum atomic E-state index is -0.450. The van der Waals surface area contributed by atoms with Crippen molar-refractivity contribution in [2.75, 3.05) is 12.4 Å². The molecule has 1 N–H and O–H groups in total. The number of hydrogen-bond acceptors (Lipinski definition) is 3. The molecule has 6 heteroatoms. The predicted molar refractivity (Wildman–Crippen MR) is 74.9 cm³/mol. The summed E-state index contributed by atoms with van der Waals surface area (Å²) in [6, 6.07) is 6.24. The first-order chi connectivity index (χ1) is 9.51. The highest BCUT2D eigenvalue weighted by Gasteiger charge is 2.11. The number of carbonyl (C=O) groups is 1. The maximum atomic E-state index is 13.1. The zero-order chi connectivity index (χ0) is 14.7. The summed E-state index contributed by atoms with van der Waals surface area (Å²) >= 11 is 5.96. The van der Waals surface area contributed by atoms with Crippen LogP contribution in [0, 0.1) is 12.7 Å². The Morgan fingerprint density at radius 2 is 2.15 bits per heavy atom. The standard InChI is InChI=1S/C14H12ClFN2O2/c1-8-5-12(17-7-11(8)16)14(19)18-9-3-4-13(20-2)10(15)6-9/h3-7H,1-2H3,(H,18,19). The minimum Gasteiger partial charge on any atom is -0.495 e. The normalized spacial score (nSPS) is 10.2. The summed E-state index contributed by atoms with van der Waals surface area (Å²) in [6.07, 6.45) is 1.02. The van der Waals surface area contributed by atoms with E-state index in [0.717, 1.165) is 6.20 Å². The molecule has 20 heavy (non-hydrogen) atoms. The van der Waals surface area contributed by atoms with Crippen LogP contribution in [0.15, 0.2) is 30.5 Å². The average Bonchev–Trinajstić information content (AvgIpc) is 2.42. The summed E-state index contributed by atoms with van der Waals surface area (Å²) in [7, 11) is 1.50. The van der Waals surface area contributed by atoms with Crippen molar-refractivity contribution >= 4 is 23.2 Å². The van der Waals surface area contributed by atoms with Gasteiger partial charge in [0.05, 0.1) is 18.3 Å². The summed E-state index contributed by atoms with van der Waals surface area (Å²) in [6.45, 7) is 1.57. The zero-order valence-corrected chi connectivity index (χ0v) is 11.7. The van der Waals surface area contributed by atoms with E-state index in [2.05, 4.69) is 10.3 Å². The molecule has 0 atom stereocenters. The van der Waals surface area contributed by atoms with Crippen LogP contribution in [0.5, 0.6) is 5.75 Å². The molecule has 0 aliphatic carbocycles. The summed E-state index contributed by atoms with van der Waals surface area (Å²) < 4.78 is 18.1. The number of nitrogens with one attached hydrogen (secondary N) is 1. The number of aromatic nitrogens is 1. The van der Waals surface area contributed by atoms with Gasteiger partial charge in [0.15, 0.2) is 0 Å². The number of amides is 1. The third-order valence-electron chi connectivity index (χ3n) is 2.69. The first-order valence-electron chi connectivity index (χ1n) is 5.78. The van der Waals surface area contributed by atoms with E-state index < -0.39 is 11.7 Å². The van der Waals surface area contributed by atoms with E-state index in [-0.39, 0.29) is 5.69 Å². The molecule has 0 spiro atoms. The molecule has 1 aromatic carbocycles. The van der Waals surface area contributed by atoms with Crippen LogP contribution in [-0.2, 0) is 0 Å². The van der Waals surface area contributed by atoms with Crippen molar-refractivity contribution in [3.63, 3.8) is 0 Å². The van der Waals surface area contributed by atoms with Crippen LogP contribution in [0.3, 0.4) is 0 Å². The van der Waals surface area contributed by atoms with Crippen LogP contribution >= 0.6 is 11.6 Å². The molecule has 1 aromatic heterocycles. The van der Waals surface area contributed by atoms with Crippen LogP contribution in [0.4, 0.5) is 10.1 Å². The summed E-state index contributed by atoms with van der Waals surface area (Å²) in [5.41, 5.74) is 0.998. The van der Waals surface area contributed by atoms with Gasteiger partial charge in [-0.15, -0.1) is 0 Å². The molecule has 1 heterocycles. The topological polar surface area (TPSA) is 51.2 Å². The fourth-order valence-corrected chi connectivity index (χ4v) is 1.86. The number of rotatable bonds is 3. The number of anilines is 1. The zero-order valence-electron chi connectivity index (χ0n) is 10.9. The number of carbonyl (C=O) groups excluding carboxylic acids is 1. The molecule has 0 aliphatic rings. The smallest absolute Gasteiger partial charge is 0.274 e. The first kappa shape index (κ1) is 14.3. The van der Waals surface area contributed by atoms with E-state index in [1.807, 2.05) is 0 Å². The molecule has 104 valence electrons. The number of benzene rings is 1. The molecule has 1 amide bonds. The Morgan fingerprint density at radius 3 is 2.75 bits per heavy atom. The van der Waals surface area contributed by atoms with Gasteiger partial charge in [-0.1, -0.05) is 11.6 Å². The molecule has 0 unspecified atom stereocenters. The van der Waals surface area contributed by atoms with Crippen molar-refractivity contribution in [3.05, 3.63) is 52.6 Å². The number of hydrogen-bond donors (Lipinski definition) is 1. The second-order valence-corrected chi connectivity index (χ2v) is 4.53. The van der Waals surface area contributed by atoms with Crippen molar-refractivity contribution in [1.82, 2.24) is 4.98 Å². The second kappa shape index (κ2) is 5.88. The van der Waals surface area contributed by atoms with E-state index in [1.54, 1.807) is 25.1 Å². The highest BCUT2D eigenvalue weighted by atomic mass is 35.5. The number of methoxy groups -OCH3 is 1. The minimum absolute atomic E-state index is 0.135. The number of aryl methyl sites for hydroxylation is 1. The Bertz CT molecular complexity index is 662. The molecule has 0 radical (unpaired) electrons. The molecule has 0 bridgehead atoms. The fourth-order valence-electron chi connectivity index (χ4n) is 1.60. The third-order valence-corrected chi connectivity index (χ3v) is 2.98. The number of halogens is 2. The monoisotopic (exact) mass is 294 g/mol. The summed E-state index contributed by atoms with van der Waals surface area (Å²) in [5, 5.41) is 3.02. The number of nitrogens with zero attached hydrogens (tertiary/aromatic N) is 1. The summed E-state index contributed by atoms with van der Waals surface area (Å²) in [5.74, 6) is -0.371. The number of pyridine rings is 1. The van der Waals surface area contributed by atoms with E-state index >= 15 is 0 Å². The molecule has 0 fully saturated rings. The Morgan fingerprint density at radius 1 is 1.40 bits per heavy atom. The van der Waals surface area contributed by atoms with Gasteiger partial charge in [0.2, 0.25) is 0 Å². The van der Waals surface area contributed by atoms with Gasteiger partial charge in [-0.05, 0) is 36.8 Å².